The second kappa shape index (κ2) is 4.84. The van der Waals surface area contributed by atoms with Crippen molar-refractivity contribution >= 4 is 11.5 Å². The first-order valence-electron chi connectivity index (χ1n) is 6.41. The van der Waals surface area contributed by atoms with Gasteiger partial charge >= 0.3 is 5.69 Å². The van der Waals surface area contributed by atoms with Crippen LogP contribution < -0.4 is 21.0 Å². The first kappa shape index (κ1) is 14.1. The summed E-state index contributed by atoms with van der Waals surface area (Å²) in [6, 6.07) is 0. The predicted molar refractivity (Wildman–Crippen MR) is 71.2 cm³/mol. The Bertz CT molecular complexity index is 657. The maximum absolute atomic E-state index is 11.8. The van der Waals surface area contributed by atoms with E-state index in [1.807, 2.05) is 0 Å². The van der Waals surface area contributed by atoms with E-state index in [1.54, 1.807) is 11.9 Å². The molecule has 2 aliphatic heterocycles. The fourth-order valence-electron chi connectivity index (χ4n) is 2.75. The van der Waals surface area contributed by atoms with E-state index in [0.717, 1.165) is 0 Å². The van der Waals surface area contributed by atoms with Gasteiger partial charge in [0.2, 0.25) is 0 Å². The van der Waals surface area contributed by atoms with Gasteiger partial charge in [-0.1, -0.05) is 0 Å². The number of aromatic amines is 2. The largest absolute Gasteiger partial charge is 0.394 e. The Morgan fingerprint density at radius 1 is 1.29 bits per heavy atom. The summed E-state index contributed by atoms with van der Waals surface area (Å²) in [6.07, 6.45) is -4.42. The number of H-pyrrole nitrogens is 2. The fraction of sp³-hybridized carbons (Fsp3) is 0.636. The van der Waals surface area contributed by atoms with Gasteiger partial charge in [0.15, 0.2) is 6.23 Å². The molecular weight excluding hydrogens is 284 g/mol. The van der Waals surface area contributed by atoms with E-state index >= 15 is 0 Å². The van der Waals surface area contributed by atoms with Crippen molar-refractivity contribution in [3.63, 3.8) is 0 Å². The lowest BCUT2D eigenvalue weighted by atomic mass is 10.1. The second-order valence-corrected chi connectivity index (χ2v) is 5.14. The number of anilines is 2. The van der Waals surface area contributed by atoms with Crippen molar-refractivity contribution in [1.82, 2.24) is 9.97 Å². The van der Waals surface area contributed by atoms with Crippen LogP contribution in [0.4, 0.5) is 11.5 Å². The first-order valence-corrected chi connectivity index (χ1v) is 6.41. The third kappa shape index (κ3) is 2.03. The number of ether oxygens (including phenoxy) is 1. The number of nitrogens with zero attached hydrogens (tertiary/aromatic N) is 2. The molecule has 4 unspecified atom stereocenters. The van der Waals surface area contributed by atoms with E-state index in [9.17, 15) is 19.8 Å². The number of aromatic nitrogens is 2. The summed E-state index contributed by atoms with van der Waals surface area (Å²) in [5.74, 6) is 0.209. The Morgan fingerprint density at radius 2 is 2.00 bits per heavy atom. The lowest BCUT2D eigenvalue weighted by Gasteiger charge is -2.27. The van der Waals surface area contributed by atoms with E-state index in [1.165, 1.54) is 4.90 Å². The van der Waals surface area contributed by atoms with Gasteiger partial charge in [-0.05, 0) is 0 Å². The van der Waals surface area contributed by atoms with Crippen molar-refractivity contribution in [3.05, 3.63) is 20.8 Å². The van der Waals surface area contributed by atoms with Crippen LogP contribution in [0.25, 0.3) is 0 Å². The molecule has 4 atom stereocenters. The number of rotatable bonds is 2. The number of hydrogen-bond donors (Lipinski definition) is 5. The maximum Gasteiger partial charge on any atom is 0.327 e. The van der Waals surface area contributed by atoms with E-state index in [-0.39, 0.29) is 18.2 Å². The lowest BCUT2D eigenvalue weighted by molar-refractivity contribution is -0.0222. The fourth-order valence-corrected chi connectivity index (χ4v) is 2.75. The van der Waals surface area contributed by atoms with Crippen LogP contribution in [0, 0.1) is 0 Å². The Balaban J connectivity index is 2.01. The predicted octanol–water partition coefficient (Wildman–Crippen LogP) is -3.28. The van der Waals surface area contributed by atoms with Gasteiger partial charge in [-0.2, -0.15) is 0 Å². The summed E-state index contributed by atoms with van der Waals surface area (Å²) < 4.78 is 5.42. The lowest BCUT2D eigenvalue weighted by Crippen LogP contribution is -2.45. The molecule has 10 heteroatoms. The van der Waals surface area contributed by atoms with Gasteiger partial charge in [0, 0.05) is 7.05 Å². The highest BCUT2D eigenvalue weighted by Crippen LogP contribution is 2.34. The molecule has 3 rings (SSSR count). The van der Waals surface area contributed by atoms with Gasteiger partial charge in [-0.3, -0.25) is 14.8 Å². The Morgan fingerprint density at radius 3 is 2.62 bits per heavy atom. The average Bonchev–Trinajstić information content (AvgIpc) is 2.89. The molecule has 116 valence electrons. The molecule has 0 amide bonds. The van der Waals surface area contributed by atoms with E-state index < -0.39 is 42.4 Å². The third-order valence-corrected chi connectivity index (χ3v) is 3.76. The molecule has 5 N–H and O–H groups in total. The standard InChI is InChI=1S/C11H16N4O6/c1-14-3-15(8-5(14)9(19)13-11(20)12-8)10-7(18)6(17)4(2-16)21-10/h4,6-7,10,16-18H,2-3H2,1H3,(H2,12,13,19,20). The molecule has 0 spiro atoms. The van der Waals surface area contributed by atoms with Crippen LogP contribution in [-0.2, 0) is 4.74 Å². The molecule has 1 fully saturated rings. The van der Waals surface area contributed by atoms with E-state index in [4.69, 9.17) is 9.84 Å². The van der Waals surface area contributed by atoms with Gasteiger partial charge in [0.05, 0.1) is 13.3 Å². The molecular formula is C11H16N4O6. The molecule has 1 aromatic rings. The third-order valence-electron chi connectivity index (χ3n) is 3.76. The van der Waals surface area contributed by atoms with Gasteiger partial charge < -0.3 is 29.9 Å². The van der Waals surface area contributed by atoms with Crippen LogP contribution in [0.15, 0.2) is 9.59 Å². The van der Waals surface area contributed by atoms with Crippen LogP contribution >= 0.6 is 0 Å². The molecule has 21 heavy (non-hydrogen) atoms. The first-order chi connectivity index (χ1) is 9.93. The molecule has 2 aliphatic rings. The van der Waals surface area contributed by atoms with Gasteiger partial charge in [0.25, 0.3) is 5.56 Å². The number of fused-ring (bicyclic) bond motifs is 1. The van der Waals surface area contributed by atoms with Crippen LogP contribution in [-0.4, -0.2) is 70.2 Å². The zero-order valence-electron chi connectivity index (χ0n) is 11.2. The minimum Gasteiger partial charge on any atom is -0.394 e. The molecule has 1 saturated heterocycles. The topological polar surface area (TPSA) is 142 Å². The summed E-state index contributed by atoms with van der Waals surface area (Å²) in [6.45, 7) is -0.262. The molecule has 0 saturated carbocycles. The number of aliphatic hydroxyl groups is 3. The molecule has 0 radical (unpaired) electrons. The zero-order chi connectivity index (χ0) is 15.3. The van der Waals surface area contributed by atoms with Crippen molar-refractivity contribution in [2.75, 3.05) is 30.1 Å². The Labute approximate surface area is 118 Å². The number of hydrogen-bond acceptors (Lipinski definition) is 8. The van der Waals surface area contributed by atoms with E-state index in [0.29, 0.717) is 0 Å². The van der Waals surface area contributed by atoms with Crippen molar-refractivity contribution in [2.45, 2.75) is 24.5 Å². The van der Waals surface area contributed by atoms with Gasteiger partial charge in [0.1, 0.15) is 29.8 Å². The zero-order valence-corrected chi connectivity index (χ0v) is 11.2. The van der Waals surface area contributed by atoms with Crippen molar-refractivity contribution in [2.24, 2.45) is 0 Å². The van der Waals surface area contributed by atoms with E-state index in [2.05, 4.69) is 9.97 Å². The van der Waals surface area contributed by atoms with Gasteiger partial charge in [-0.15, -0.1) is 0 Å². The van der Waals surface area contributed by atoms with Crippen molar-refractivity contribution < 1.29 is 20.1 Å². The summed E-state index contributed by atoms with van der Waals surface area (Å²) >= 11 is 0. The Kier molecular flexibility index (Phi) is 3.24. The molecule has 1 aromatic heterocycles. The minimum atomic E-state index is -1.27. The average molecular weight is 300 g/mol. The molecule has 10 nitrogen and oxygen atoms in total. The SMILES string of the molecule is CN1CN(C2OC(CO)C(O)C2O)c2[nH]c(=O)[nH]c(=O)c21. The Hall–Kier alpha value is -1.88. The summed E-state index contributed by atoms with van der Waals surface area (Å²) in [7, 11) is 1.65. The summed E-state index contributed by atoms with van der Waals surface area (Å²) in [4.78, 5) is 30.9. The quantitative estimate of drug-likeness (QED) is 0.383. The van der Waals surface area contributed by atoms with Crippen LogP contribution in [0.5, 0.6) is 0 Å². The van der Waals surface area contributed by atoms with Crippen LogP contribution in [0.3, 0.4) is 0 Å². The number of aliphatic hydroxyl groups excluding tert-OH is 3. The van der Waals surface area contributed by atoms with Crippen molar-refractivity contribution in [3.8, 4) is 0 Å². The van der Waals surface area contributed by atoms with Gasteiger partial charge in [-0.25, -0.2) is 4.79 Å². The highest BCUT2D eigenvalue weighted by molar-refractivity contribution is 5.71. The van der Waals surface area contributed by atoms with Crippen molar-refractivity contribution in [1.29, 1.82) is 0 Å². The smallest absolute Gasteiger partial charge is 0.327 e. The van der Waals surface area contributed by atoms with Crippen LogP contribution in [0.2, 0.25) is 0 Å². The summed E-state index contributed by atoms with van der Waals surface area (Å²) in [5.41, 5.74) is -0.983. The molecule has 3 heterocycles. The second-order valence-electron chi connectivity index (χ2n) is 5.14. The monoisotopic (exact) mass is 300 g/mol. The molecule has 0 aromatic carbocycles. The highest BCUT2D eigenvalue weighted by atomic mass is 16.6. The molecule has 0 bridgehead atoms. The van der Waals surface area contributed by atoms with Crippen LogP contribution in [0.1, 0.15) is 0 Å². The molecule has 0 aliphatic carbocycles. The number of nitrogens with one attached hydrogen (secondary N) is 2. The highest BCUT2D eigenvalue weighted by Gasteiger charge is 2.48. The minimum absolute atomic E-state index is 0.185. The normalized spacial score (nSPS) is 31.8. The maximum atomic E-state index is 11.8. The summed E-state index contributed by atoms with van der Waals surface area (Å²) in [5, 5.41) is 29.0.